The SMILES string of the molecule is CC1CN(CC(CC2CCCCC2)NC(=O)CCCC(=O)O)CCC1(C)c1cccc(O)c1. The number of aromatic hydroxyl groups is 1. The Kier molecular flexibility index (Phi) is 9.19. The number of carbonyl (C=O) groups is 2. The summed E-state index contributed by atoms with van der Waals surface area (Å²) in [6, 6.07) is 7.78. The minimum Gasteiger partial charge on any atom is -0.508 e. The third-order valence-electron chi connectivity index (χ3n) is 8.05. The van der Waals surface area contributed by atoms with E-state index in [0.717, 1.165) is 32.5 Å². The van der Waals surface area contributed by atoms with Crippen LogP contribution in [0.25, 0.3) is 0 Å². The predicted molar refractivity (Wildman–Crippen MR) is 130 cm³/mol. The fraction of sp³-hybridized carbons (Fsp3) is 0.704. The number of piperidine rings is 1. The second-order valence-corrected chi connectivity index (χ2v) is 10.6. The van der Waals surface area contributed by atoms with Crippen LogP contribution in [-0.4, -0.2) is 52.7 Å². The maximum atomic E-state index is 12.6. The van der Waals surface area contributed by atoms with Gasteiger partial charge in [-0.05, 0) is 60.8 Å². The van der Waals surface area contributed by atoms with Crippen LogP contribution >= 0.6 is 0 Å². The topological polar surface area (TPSA) is 89.9 Å². The molecule has 33 heavy (non-hydrogen) atoms. The monoisotopic (exact) mass is 458 g/mol. The average Bonchev–Trinajstić information content (AvgIpc) is 2.77. The van der Waals surface area contributed by atoms with Gasteiger partial charge in [-0.3, -0.25) is 9.59 Å². The fourth-order valence-corrected chi connectivity index (χ4v) is 5.79. The number of hydrogen-bond acceptors (Lipinski definition) is 4. The van der Waals surface area contributed by atoms with Crippen LogP contribution in [0.15, 0.2) is 24.3 Å². The van der Waals surface area contributed by atoms with E-state index in [1.165, 1.54) is 37.7 Å². The standard InChI is InChI=1S/C27H42N2O4/c1-20-18-29(15-14-27(20,2)22-10-6-11-24(30)17-22)19-23(16-21-8-4-3-5-9-21)28-25(31)12-7-13-26(32)33/h6,10-11,17,20-21,23,30H,3-5,7-9,12-16,18-19H2,1-2H3,(H,28,31)(H,32,33). The van der Waals surface area contributed by atoms with Crippen molar-refractivity contribution in [3.05, 3.63) is 29.8 Å². The summed E-state index contributed by atoms with van der Waals surface area (Å²) in [6.07, 6.45) is 9.12. The first kappa shape index (κ1) is 25.5. The lowest BCUT2D eigenvalue weighted by Gasteiger charge is -2.46. The number of carboxylic acids is 1. The number of aliphatic carboxylic acids is 1. The molecule has 0 spiro atoms. The first-order chi connectivity index (χ1) is 15.8. The van der Waals surface area contributed by atoms with Gasteiger partial charge in [0, 0.05) is 32.0 Å². The first-order valence-corrected chi connectivity index (χ1v) is 12.8. The average molecular weight is 459 g/mol. The van der Waals surface area contributed by atoms with Gasteiger partial charge in [0.1, 0.15) is 5.75 Å². The summed E-state index contributed by atoms with van der Waals surface area (Å²) in [5.41, 5.74) is 1.22. The number of amides is 1. The maximum Gasteiger partial charge on any atom is 0.303 e. The highest BCUT2D eigenvalue weighted by molar-refractivity contribution is 5.77. The molecular weight excluding hydrogens is 416 g/mol. The van der Waals surface area contributed by atoms with Crippen LogP contribution in [0.1, 0.15) is 83.6 Å². The van der Waals surface area contributed by atoms with Gasteiger partial charge >= 0.3 is 5.97 Å². The van der Waals surface area contributed by atoms with Crippen molar-refractivity contribution in [2.75, 3.05) is 19.6 Å². The summed E-state index contributed by atoms with van der Waals surface area (Å²) >= 11 is 0. The zero-order valence-electron chi connectivity index (χ0n) is 20.4. The molecule has 6 heteroatoms. The van der Waals surface area contributed by atoms with E-state index in [0.29, 0.717) is 24.0 Å². The molecule has 0 radical (unpaired) electrons. The summed E-state index contributed by atoms with van der Waals surface area (Å²) in [6.45, 7) is 7.36. The molecule has 1 aromatic carbocycles. The van der Waals surface area contributed by atoms with Gasteiger partial charge in [-0.25, -0.2) is 0 Å². The first-order valence-electron chi connectivity index (χ1n) is 12.8. The van der Waals surface area contributed by atoms with Gasteiger partial charge in [0.05, 0.1) is 0 Å². The maximum absolute atomic E-state index is 12.6. The van der Waals surface area contributed by atoms with Crippen molar-refractivity contribution in [1.82, 2.24) is 10.2 Å². The van der Waals surface area contributed by atoms with Crippen LogP contribution in [0.4, 0.5) is 0 Å². The molecule has 184 valence electrons. The summed E-state index contributed by atoms with van der Waals surface area (Å²) in [7, 11) is 0. The van der Waals surface area contributed by atoms with Gasteiger partial charge in [-0.2, -0.15) is 0 Å². The van der Waals surface area contributed by atoms with Crippen LogP contribution in [0.3, 0.4) is 0 Å². The molecule has 1 saturated carbocycles. The largest absolute Gasteiger partial charge is 0.508 e. The van der Waals surface area contributed by atoms with Crippen molar-refractivity contribution in [3.8, 4) is 5.75 Å². The zero-order valence-corrected chi connectivity index (χ0v) is 20.4. The Labute approximate surface area is 198 Å². The summed E-state index contributed by atoms with van der Waals surface area (Å²) < 4.78 is 0. The number of phenols is 1. The van der Waals surface area contributed by atoms with Gasteiger partial charge < -0.3 is 20.4 Å². The molecule has 6 nitrogen and oxygen atoms in total. The molecular formula is C27H42N2O4. The number of nitrogens with one attached hydrogen (secondary N) is 1. The van der Waals surface area contributed by atoms with E-state index >= 15 is 0 Å². The van der Waals surface area contributed by atoms with Crippen molar-refractivity contribution in [2.45, 2.75) is 89.5 Å². The highest BCUT2D eigenvalue weighted by Crippen LogP contribution is 2.40. The van der Waals surface area contributed by atoms with E-state index in [1.54, 1.807) is 6.07 Å². The zero-order chi connectivity index (χ0) is 23.8. The Balaban J connectivity index is 1.60. The molecule has 1 saturated heterocycles. The quantitative estimate of drug-likeness (QED) is 0.473. The number of phenolic OH excluding ortho intramolecular Hbond substituents is 1. The number of hydrogen-bond donors (Lipinski definition) is 3. The number of carbonyl (C=O) groups excluding carboxylic acids is 1. The van der Waals surface area contributed by atoms with Crippen LogP contribution in [0.2, 0.25) is 0 Å². The Morgan fingerprint density at radius 1 is 1.21 bits per heavy atom. The van der Waals surface area contributed by atoms with Gasteiger partial charge in [0.15, 0.2) is 0 Å². The van der Waals surface area contributed by atoms with Crippen LogP contribution < -0.4 is 5.32 Å². The number of nitrogens with zero attached hydrogens (tertiary/aromatic N) is 1. The Hall–Kier alpha value is -2.08. The minimum atomic E-state index is -0.848. The number of benzene rings is 1. The molecule has 1 aliphatic carbocycles. The normalized spacial score (nSPS) is 25.5. The summed E-state index contributed by atoms with van der Waals surface area (Å²) in [4.78, 5) is 25.8. The second-order valence-electron chi connectivity index (χ2n) is 10.6. The Morgan fingerprint density at radius 2 is 1.97 bits per heavy atom. The third-order valence-corrected chi connectivity index (χ3v) is 8.05. The smallest absolute Gasteiger partial charge is 0.303 e. The molecule has 1 heterocycles. The van der Waals surface area contributed by atoms with Crippen molar-refractivity contribution in [3.63, 3.8) is 0 Å². The molecule has 1 amide bonds. The molecule has 3 atom stereocenters. The van der Waals surface area contributed by atoms with Crippen molar-refractivity contribution in [2.24, 2.45) is 11.8 Å². The highest BCUT2D eigenvalue weighted by Gasteiger charge is 2.38. The van der Waals surface area contributed by atoms with Gasteiger partial charge in [-0.1, -0.05) is 58.1 Å². The van der Waals surface area contributed by atoms with Crippen LogP contribution in [-0.2, 0) is 15.0 Å². The number of likely N-dealkylation sites (tertiary alicyclic amines) is 1. The van der Waals surface area contributed by atoms with Crippen molar-refractivity contribution < 1.29 is 19.8 Å². The Morgan fingerprint density at radius 3 is 2.64 bits per heavy atom. The molecule has 1 aromatic rings. The van der Waals surface area contributed by atoms with E-state index in [2.05, 4.69) is 30.1 Å². The molecule has 0 bridgehead atoms. The molecule has 2 fully saturated rings. The number of carboxylic acid groups (broad SMARTS) is 1. The van der Waals surface area contributed by atoms with Crippen LogP contribution in [0, 0.1) is 11.8 Å². The second kappa shape index (κ2) is 11.9. The Bertz CT molecular complexity index is 792. The van der Waals surface area contributed by atoms with E-state index < -0.39 is 5.97 Å². The highest BCUT2D eigenvalue weighted by atomic mass is 16.4. The summed E-state index contributed by atoms with van der Waals surface area (Å²) in [5.74, 6) is 0.546. The molecule has 3 rings (SSSR count). The molecule has 3 N–H and O–H groups in total. The van der Waals surface area contributed by atoms with Crippen molar-refractivity contribution >= 4 is 11.9 Å². The van der Waals surface area contributed by atoms with Gasteiger partial charge in [-0.15, -0.1) is 0 Å². The van der Waals surface area contributed by atoms with E-state index in [-0.39, 0.29) is 30.2 Å². The third kappa shape index (κ3) is 7.46. The lowest BCUT2D eigenvalue weighted by atomic mass is 9.68. The predicted octanol–water partition coefficient (Wildman–Crippen LogP) is 4.70. The van der Waals surface area contributed by atoms with E-state index in [4.69, 9.17) is 5.11 Å². The van der Waals surface area contributed by atoms with Crippen LogP contribution in [0.5, 0.6) is 5.75 Å². The number of rotatable bonds is 10. The molecule has 1 aliphatic heterocycles. The molecule has 2 aliphatic rings. The molecule has 0 aromatic heterocycles. The minimum absolute atomic E-state index is 0.0216. The van der Waals surface area contributed by atoms with Gasteiger partial charge in [0.2, 0.25) is 5.91 Å². The van der Waals surface area contributed by atoms with Gasteiger partial charge in [0.25, 0.3) is 0 Å². The van der Waals surface area contributed by atoms with Crippen molar-refractivity contribution in [1.29, 1.82) is 0 Å². The molecule has 3 unspecified atom stereocenters. The lowest BCUT2D eigenvalue weighted by molar-refractivity contribution is -0.137. The lowest BCUT2D eigenvalue weighted by Crippen LogP contribution is -2.52. The summed E-state index contributed by atoms with van der Waals surface area (Å²) in [5, 5.41) is 22.1. The fourth-order valence-electron chi connectivity index (χ4n) is 5.79. The van der Waals surface area contributed by atoms with E-state index in [9.17, 15) is 14.7 Å². The van der Waals surface area contributed by atoms with E-state index in [1.807, 2.05) is 12.1 Å².